The molecule has 0 aromatic carbocycles. The van der Waals surface area contributed by atoms with Gasteiger partial charge in [-0.3, -0.25) is 4.79 Å². The van der Waals surface area contributed by atoms with Crippen molar-refractivity contribution in [3.05, 3.63) is 5.82 Å². The molecule has 0 amide bonds. The Labute approximate surface area is 90.9 Å². The van der Waals surface area contributed by atoms with E-state index in [1.807, 2.05) is 6.92 Å². The van der Waals surface area contributed by atoms with Crippen LogP contribution < -0.4 is 0 Å². The van der Waals surface area contributed by atoms with E-state index in [-0.39, 0.29) is 6.42 Å². The van der Waals surface area contributed by atoms with Crippen molar-refractivity contribution < 1.29 is 9.90 Å². The topological polar surface area (TPSA) is 63.1 Å². The molecule has 0 saturated heterocycles. The van der Waals surface area contributed by atoms with Gasteiger partial charge in [0.15, 0.2) is 4.34 Å². The number of thioether (sulfide) groups is 1. The Balaban J connectivity index is 2.21. The predicted molar refractivity (Wildman–Crippen MR) is 56.9 cm³/mol. The normalized spacial score (nSPS) is 10.4. The molecule has 0 unspecified atom stereocenters. The van der Waals surface area contributed by atoms with Gasteiger partial charge in [-0.1, -0.05) is 18.7 Å². The molecule has 0 bridgehead atoms. The molecule has 1 aromatic heterocycles. The first-order valence-corrected chi connectivity index (χ1v) is 6.15. The number of carboxylic acid groups (broad SMARTS) is 1. The van der Waals surface area contributed by atoms with Gasteiger partial charge in [0.1, 0.15) is 5.82 Å². The van der Waals surface area contributed by atoms with Crippen molar-refractivity contribution in [1.82, 2.24) is 9.36 Å². The number of hydrogen-bond acceptors (Lipinski definition) is 5. The van der Waals surface area contributed by atoms with E-state index in [4.69, 9.17) is 5.11 Å². The van der Waals surface area contributed by atoms with Crippen LogP contribution >= 0.6 is 23.3 Å². The summed E-state index contributed by atoms with van der Waals surface area (Å²) in [5, 5.41) is 8.42. The van der Waals surface area contributed by atoms with E-state index >= 15 is 0 Å². The average Bonchev–Trinajstić information content (AvgIpc) is 2.60. The Kier molecular flexibility index (Phi) is 4.89. The fourth-order valence-electron chi connectivity index (χ4n) is 0.823. The van der Waals surface area contributed by atoms with Gasteiger partial charge < -0.3 is 5.11 Å². The van der Waals surface area contributed by atoms with E-state index in [0.717, 1.165) is 22.3 Å². The second-order valence-corrected chi connectivity index (χ2v) is 4.77. The standard InChI is InChI=1S/C8H12N2O2S2/c1-2-6-9-8(14-10-6)13-5-3-4-7(11)12/h2-5H2,1H3,(H,11,12). The number of hydrogen-bond donors (Lipinski definition) is 1. The summed E-state index contributed by atoms with van der Waals surface area (Å²) in [4.78, 5) is 14.5. The van der Waals surface area contributed by atoms with Crippen LogP contribution in [-0.4, -0.2) is 26.2 Å². The number of rotatable bonds is 6. The van der Waals surface area contributed by atoms with Crippen LogP contribution in [0.5, 0.6) is 0 Å². The Morgan fingerprint density at radius 3 is 3.00 bits per heavy atom. The van der Waals surface area contributed by atoms with Gasteiger partial charge in [0.25, 0.3) is 0 Å². The highest BCUT2D eigenvalue weighted by Crippen LogP contribution is 2.21. The van der Waals surface area contributed by atoms with Crippen LogP contribution in [0.15, 0.2) is 4.34 Å². The maximum atomic E-state index is 10.2. The SMILES string of the molecule is CCc1nsc(SCCCC(=O)O)n1. The van der Waals surface area contributed by atoms with Gasteiger partial charge in [-0.05, 0) is 18.0 Å². The summed E-state index contributed by atoms with van der Waals surface area (Å²) in [6, 6.07) is 0. The zero-order valence-corrected chi connectivity index (χ0v) is 9.53. The molecule has 0 fully saturated rings. The number of carbonyl (C=O) groups is 1. The molecule has 6 heteroatoms. The summed E-state index contributed by atoms with van der Waals surface area (Å²) < 4.78 is 5.08. The molecular formula is C8H12N2O2S2. The van der Waals surface area contributed by atoms with Gasteiger partial charge in [0.05, 0.1) is 0 Å². The monoisotopic (exact) mass is 232 g/mol. The summed E-state index contributed by atoms with van der Waals surface area (Å²) in [5.74, 6) is 0.929. The molecule has 4 nitrogen and oxygen atoms in total. The van der Waals surface area contributed by atoms with E-state index in [0.29, 0.717) is 6.42 Å². The molecule has 1 aromatic rings. The molecule has 1 N–H and O–H groups in total. The number of carboxylic acids is 1. The van der Waals surface area contributed by atoms with Crippen LogP contribution in [0.4, 0.5) is 0 Å². The van der Waals surface area contributed by atoms with Crippen molar-refractivity contribution in [3.8, 4) is 0 Å². The number of aromatic nitrogens is 2. The Morgan fingerprint density at radius 1 is 1.64 bits per heavy atom. The average molecular weight is 232 g/mol. The maximum absolute atomic E-state index is 10.2. The fraction of sp³-hybridized carbons (Fsp3) is 0.625. The maximum Gasteiger partial charge on any atom is 0.303 e. The number of aliphatic carboxylic acids is 1. The molecule has 1 rings (SSSR count). The van der Waals surface area contributed by atoms with E-state index in [9.17, 15) is 4.79 Å². The molecule has 1 heterocycles. The van der Waals surface area contributed by atoms with Crippen LogP contribution in [0.3, 0.4) is 0 Å². The minimum atomic E-state index is -0.739. The van der Waals surface area contributed by atoms with Crippen molar-refractivity contribution in [2.75, 3.05) is 5.75 Å². The highest BCUT2D eigenvalue weighted by Gasteiger charge is 2.03. The van der Waals surface area contributed by atoms with Crippen molar-refractivity contribution in [2.45, 2.75) is 30.5 Å². The van der Waals surface area contributed by atoms with Crippen molar-refractivity contribution >= 4 is 29.3 Å². The summed E-state index contributed by atoms with van der Waals surface area (Å²) >= 11 is 2.97. The third kappa shape index (κ3) is 4.06. The molecule has 78 valence electrons. The van der Waals surface area contributed by atoms with Crippen LogP contribution in [0.1, 0.15) is 25.6 Å². The van der Waals surface area contributed by atoms with Crippen LogP contribution in [0, 0.1) is 0 Å². The highest BCUT2D eigenvalue weighted by molar-refractivity contribution is 8.00. The Bertz CT molecular complexity index is 301. The van der Waals surface area contributed by atoms with Crippen LogP contribution in [0.25, 0.3) is 0 Å². The lowest BCUT2D eigenvalue weighted by molar-refractivity contribution is -0.137. The number of aryl methyl sites for hydroxylation is 1. The molecule has 0 radical (unpaired) electrons. The van der Waals surface area contributed by atoms with Crippen molar-refractivity contribution in [1.29, 1.82) is 0 Å². The third-order valence-corrected chi connectivity index (χ3v) is 3.48. The zero-order valence-electron chi connectivity index (χ0n) is 7.89. The van der Waals surface area contributed by atoms with Gasteiger partial charge in [0.2, 0.25) is 0 Å². The van der Waals surface area contributed by atoms with E-state index in [2.05, 4.69) is 9.36 Å². The number of nitrogens with zero attached hydrogens (tertiary/aromatic N) is 2. The highest BCUT2D eigenvalue weighted by atomic mass is 32.2. The van der Waals surface area contributed by atoms with Gasteiger partial charge in [-0.2, -0.15) is 4.37 Å². The molecule has 0 spiro atoms. The summed E-state index contributed by atoms with van der Waals surface area (Å²) in [6.07, 6.45) is 1.76. The van der Waals surface area contributed by atoms with Crippen molar-refractivity contribution in [2.24, 2.45) is 0 Å². The van der Waals surface area contributed by atoms with Crippen molar-refractivity contribution in [3.63, 3.8) is 0 Å². The zero-order chi connectivity index (χ0) is 10.4. The molecule has 0 saturated carbocycles. The smallest absolute Gasteiger partial charge is 0.303 e. The molecule has 0 aliphatic heterocycles. The molecule has 0 aliphatic rings. The summed E-state index contributed by atoms with van der Waals surface area (Å²) in [6.45, 7) is 2.01. The van der Waals surface area contributed by atoms with Gasteiger partial charge in [-0.25, -0.2) is 4.98 Å². The van der Waals surface area contributed by atoms with Gasteiger partial charge in [0, 0.05) is 18.6 Å². The molecule has 0 atom stereocenters. The summed E-state index contributed by atoms with van der Waals surface area (Å²) in [5.41, 5.74) is 0. The first kappa shape index (κ1) is 11.5. The van der Waals surface area contributed by atoms with Gasteiger partial charge in [-0.15, -0.1) is 0 Å². The molecule has 0 aliphatic carbocycles. The Hall–Kier alpha value is -0.620. The fourth-order valence-corrected chi connectivity index (χ4v) is 2.53. The van der Waals surface area contributed by atoms with E-state index < -0.39 is 5.97 Å². The lowest BCUT2D eigenvalue weighted by Gasteiger charge is -1.93. The quantitative estimate of drug-likeness (QED) is 0.601. The van der Waals surface area contributed by atoms with E-state index in [1.165, 1.54) is 11.5 Å². The predicted octanol–water partition coefficient (Wildman–Crippen LogP) is 2.06. The molecular weight excluding hydrogens is 220 g/mol. The Morgan fingerprint density at radius 2 is 2.43 bits per heavy atom. The first-order chi connectivity index (χ1) is 6.72. The van der Waals surface area contributed by atoms with Crippen LogP contribution in [-0.2, 0) is 11.2 Å². The molecule has 14 heavy (non-hydrogen) atoms. The minimum Gasteiger partial charge on any atom is -0.481 e. The van der Waals surface area contributed by atoms with E-state index in [1.54, 1.807) is 11.8 Å². The summed E-state index contributed by atoms with van der Waals surface area (Å²) in [7, 11) is 0. The second kappa shape index (κ2) is 5.98. The lowest BCUT2D eigenvalue weighted by Crippen LogP contribution is -1.94. The lowest BCUT2D eigenvalue weighted by atomic mass is 10.3. The van der Waals surface area contributed by atoms with Gasteiger partial charge >= 0.3 is 5.97 Å². The minimum absolute atomic E-state index is 0.229. The second-order valence-electron chi connectivity index (χ2n) is 2.68. The third-order valence-electron chi connectivity index (χ3n) is 1.53. The first-order valence-electron chi connectivity index (χ1n) is 4.39. The largest absolute Gasteiger partial charge is 0.481 e. The van der Waals surface area contributed by atoms with Crippen LogP contribution in [0.2, 0.25) is 0 Å².